The molecule has 1 aromatic carbocycles. The number of fused-ring (bicyclic) bond motifs is 1. The van der Waals surface area contributed by atoms with Gasteiger partial charge in [0.25, 0.3) is 11.8 Å². The molecule has 0 aromatic heterocycles. The standard InChI is InChI=1S/C13H14N2O6S/c1-6(2)10(13(18)19)15-22(20,21)7-3-4-8-9(5-7)12(17)14-11(8)16/h3-6,10,15H,1-2H3,(H,18,19)(H,14,16,17). The van der Waals surface area contributed by atoms with Crippen molar-refractivity contribution in [2.24, 2.45) is 5.92 Å². The van der Waals surface area contributed by atoms with E-state index in [4.69, 9.17) is 5.11 Å². The van der Waals surface area contributed by atoms with Crippen LogP contribution in [-0.4, -0.2) is 37.3 Å². The SMILES string of the molecule is CC(C)C(NS(=O)(=O)c1ccc2c(c1)C(=O)NC2=O)C(=O)O. The van der Waals surface area contributed by atoms with Gasteiger partial charge in [0, 0.05) is 0 Å². The topological polar surface area (TPSA) is 130 Å². The molecule has 1 aromatic rings. The van der Waals surface area contributed by atoms with Gasteiger partial charge in [-0.05, 0) is 24.1 Å². The van der Waals surface area contributed by atoms with E-state index in [9.17, 15) is 22.8 Å². The third kappa shape index (κ3) is 2.85. The van der Waals surface area contributed by atoms with Gasteiger partial charge in [0.15, 0.2) is 0 Å². The molecule has 1 atom stereocenters. The summed E-state index contributed by atoms with van der Waals surface area (Å²) in [7, 11) is -4.13. The van der Waals surface area contributed by atoms with Crippen LogP contribution in [0.3, 0.4) is 0 Å². The molecule has 0 saturated carbocycles. The van der Waals surface area contributed by atoms with Crippen LogP contribution in [-0.2, 0) is 14.8 Å². The van der Waals surface area contributed by atoms with E-state index in [1.54, 1.807) is 13.8 Å². The van der Waals surface area contributed by atoms with Gasteiger partial charge in [-0.3, -0.25) is 19.7 Å². The number of imide groups is 1. The highest BCUT2D eigenvalue weighted by molar-refractivity contribution is 7.89. The Bertz CT molecular complexity index is 769. The number of amides is 2. The second-order valence-electron chi connectivity index (χ2n) is 5.17. The molecular formula is C13H14N2O6S. The first-order valence-electron chi connectivity index (χ1n) is 6.38. The molecule has 1 unspecified atom stereocenters. The van der Waals surface area contributed by atoms with Gasteiger partial charge in [0.05, 0.1) is 16.0 Å². The maximum atomic E-state index is 12.2. The first-order valence-corrected chi connectivity index (χ1v) is 7.86. The Kier molecular flexibility index (Phi) is 4.03. The van der Waals surface area contributed by atoms with Crippen LogP contribution >= 0.6 is 0 Å². The zero-order valence-corrected chi connectivity index (χ0v) is 12.6. The quantitative estimate of drug-likeness (QED) is 0.651. The lowest BCUT2D eigenvalue weighted by atomic mass is 10.1. The highest BCUT2D eigenvalue weighted by atomic mass is 32.2. The van der Waals surface area contributed by atoms with Crippen LogP contribution in [0.25, 0.3) is 0 Å². The van der Waals surface area contributed by atoms with E-state index in [0.717, 1.165) is 12.1 Å². The average molecular weight is 326 g/mol. The lowest BCUT2D eigenvalue weighted by molar-refractivity contribution is -0.140. The van der Waals surface area contributed by atoms with Crippen molar-refractivity contribution >= 4 is 27.8 Å². The van der Waals surface area contributed by atoms with Crippen molar-refractivity contribution < 1.29 is 27.9 Å². The smallest absolute Gasteiger partial charge is 0.322 e. The van der Waals surface area contributed by atoms with Crippen molar-refractivity contribution in [3.8, 4) is 0 Å². The summed E-state index contributed by atoms with van der Waals surface area (Å²) in [6, 6.07) is 2.12. The molecule has 118 valence electrons. The Labute approximate surface area is 126 Å². The van der Waals surface area contributed by atoms with Crippen molar-refractivity contribution in [1.29, 1.82) is 0 Å². The van der Waals surface area contributed by atoms with Gasteiger partial charge >= 0.3 is 5.97 Å². The fraction of sp³-hybridized carbons (Fsp3) is 0.308. The van der Waals surface area contributed by atoms with Crippen molar-refractivity contribution in [2.75, 3.05) is 0 Å². The molecule has 0 radical (unpaired) electrons. The van der Waals surface area contributed by atoms with E-state index < -0.39 is 39.8 Å². The minimum Gasteiger partial charge on any atom is -0.480 e. The molecule has 8 nitrogen and oxygen atoms in total. The third-order valence-corrected chi connectivity index (χ3v) is 4.67. The van der Waals surface area contributed by atoms with Crippen LogP contribution in [0.1, 0.15) is 34.6 Å². The fourth-order valence-electron chi connectivity index (χ4n) is 2.02. The van der Waals surface area contributed by atoms with Crippen LogP contribution in [0.5, 0.6) is 0 Å². The summed E-state index contributed by atoms with van der Waals surface area (Å²) in [5, 5.41) is 11.1. The van der Waals surface area contributed by atoms with Gasteiger partial charge in [0.2, 0.25) is 10.0 Å². The summed E-state index contributed by atoms with van der Waals surface area (Å²) in [5.41, 5.74) is 0.0342. The molecule has 0 bridgehead atoms. The van der Waals surface area contributed by atoms with Crippen LogP contribution < -0.4 is 10.0 Å². The molecule has 1 aliphatic rings. The van der Waals surface area contributed by atoms with Crippen molar-refractivity contribution in [1.82, 2.24) is 10.0 Å². The average Bonchev–Trinajstić information content (AvgIpc) is 2.70. The number of aliphatic carboxylic acids is 1. The Hall–Kier alpha value is -2.26. The van der Waals surface area contributed by atoms with E-state index in [-0.39, 0.29) is 16.0 Å². The molecule has 0 spiro atoms. The summed E-state index contributed by atoms with van der Waals surface area (Å²) < 4.78 is 26.6. The number of benzene rings is 1. The summed E-state index contributed by atoms with van der Waals surface area (Å²) in [6.07, 6.45) is 0. The second-order valence-corrected chi connectivity index (χ2v) is 6.89. The van der Waals surface area contributed by atoms with Gasteiger partial charge in [-0.1, -0.05) is 13.8 Å². The number of hydrogen-bond acceptors (Lipinski definition) is 5. The number of hydrogen-bond donors (Lipinski definition) is 3. The predicted octanol–water partition coefficient (Wildman–Crippen LogP) is -0.0423. The lowest BCUT2D eigenvalue weighted by Crippen LogP contribution is -2.44. The van der Waals surface area contributed by atoms with Crippen molar-refractivity contribution in [2.45, 2.75) is 24.8 Å². The van der Waals surface area contributed by atoms with Crippen LogP contribution in [0.4, 0.5) is 0 Å². The lowest BCUT2D eigenvalue weighted by Gasteiger charge is -2.18. The highest BCUT2D eigenvalue weighted by Gasteiger charge is 2.31. The molecule has 1 aliphatic heterocycles. The monoisotopic (exact) mass is 326 g/mol. The first kappa shape index (κ1) is 16.1. The normalized spacial score (nSPS) is 15.6. The van der Waals surface area contributed by atoms with E-state index in [2.05, 4.69) is 10.0 Å². The maximum Gasteiger partial charge on any atom is 0.322 e. The van der Waals surface area contributed by atoms with Gasteiger partial charge < -0.3 is 5.11 Å². The molecule has 2 rings (SSSR count). The van der Waals surface area contributed by atoms with Crippen LogP contribution in [0, 0.1) is 5.92 Å². The minimum absolute atomic E-state index is 0.0516. The van der Waals surface area contributed by atoms with Gasteiger partial charge in [-0.2, -0.15) is 4.72 Å². The Morgan fingerprint density at radius 3 is 2.32 bits per heavy atom. The van der Waals surface area contributed by atoms with Crippen LogP contribution in [0.2, 0.25) is 0 Å². The number of carbonyl (C=O) groups is 3. The number of carboxylic acids is 1. The minimum atomic E-state index is -4.13. The van der Waals surface area contributed by atoms with Gasteiger partial charge in [-0.15, -0.1) is 0 Å². The highest BCUT2D eigenvalue weighted by Crippen LogP contribution is 2.21. The van der Waals surface area contributed by atoms with E-state index in [1.165, 1.54) is 6.07 Å². The summed E-state index contributed by atoms with van der Waals surface area (Å²) in [5.74, 6) is -3.04. The molecule has 22 heavy (non-hydrogen) atoms. The number of carbonyl (C=O) groups excluding carboxylic acids is 2. The van der Waals surface area contributed by atoms with E-state index in [0.29, 0.717) is 0 Å². The Morgan fingerprint density at radius 1 is 1.18 bits per heavy atom. The number of nitrogens with one attached hydrogen (secondary N) is 2. The summed E-state index contributed by atoms with van der Waals surface area (Å²) in [6.45, 7) is 3.13. The number of carboxylic acid groups (broad SMARTS) is 1. The third-order valence-electron chi connectivity index (χ3n) is 3.23. The Morgan fingerprint density at radius 2 is 1.77 bits per heavy atom. The molecule has 1 heterocycles. The first-order chi connectivity index (χ1) is 10.1. The molecule has 3 N–H and O–H groups in total. The second kappa shape index (κ2) is 5.50. The predicted molar refractivity (Wildman–Crippen MR) is 74.8 cm³/mol. The number of sulfonamides is 1. The van der Waals surface area contributed by atoms with E-state index >= 15 is 0 Å². The molecule has 0 saturated heterocycles. The molecule has 0 aliphatic carbocycles. The largest absolute Gasteiger partial charge is 0.480 e. The van der Waals surface area contributed by atoms with Crippen molar-refractivity contribution in [3.05, 3.63) is 29.3 Å². The number of rotatable bonds is 5. The molecule has 2 amide bonds. The Balaban J connectivity index is 2.39. The molecule has 9 heteroatoms. The maximum absolute atomic E-state index is 12.2. The fourth-order valence-corrected chi connectivity index (χ4v) is 3.38. The summed E-state index contributed by atoms with van der Waals surface area (Å²) >= 11 is 0. The summed E-state index contributed by atoms with van der Waals surface area (Å²) in [4.78, 5) is 33.8. The van der Waals surface area contributed by atoms with Crippen molar-refractivity contribution in [3.63, 3.8) is 0 Å². The zero-order valence-electron chi connectivity index (χ0n) is 11.8. The van der Waals surface area contributed by atoms with E-state index in [1.807, 2.05) is 0 Å². The van der Waals surface area contributed by atoms with Gasteiger partial charge in [-0.25, -0.2) is 8.42 Å². The van der Waals surface area contributed by atoms with Gasteiger partial charge in [0.1, 0.15) is 6.04 Å². The molecule has 0 fully saturated rings. The molecular weight excluding hydrogens is 312 g/mol. The zero-order chi connectivity index (χ0) is 16.7. The van der Waals surface area contributed by atoms with Crippen LogP contribution in [0.15, 0.2) is 23.1 Å².